The van der Waals surface area contributed by atoms with Crippen LogP contribution < -0.4 is 9.64 Å². The third kappa shape index (κ3) is 2.42. The summed E-state index contributed by atoms with van der Waals surface area (Å²) in [5, 5.41) is 10.0. The fraction of sp³-hybridized carbons (Fsp3) is 0.350. The van der Waals surface area contributed by atoms with E-state index in [9.17, 15) is 9.90 Å². The Hall–Kier alpha value is -2.49. The number of carbonyl (C=O) groups is 1. The van der Waals surface area contributed by atoms with E-state index in [0.29, 0.717) is 0 Å². The van der Waals surface area contributed by atoms with Gasteiger partial charge in [0.15, 0.2) is 0 Å². The van der Waals surface area contributed by atoms with Crippen LogP contribution in [0.3, 0.4) is 0 Å². The number of nitrogens with zero attached hydrogens (tertiary/aromatic N) is 1. The highest BCUT2D eigenvalue weighted by molar-refractivity contribution is 6.03. The molecule has 0 bridgehead atoms. The molecule has 2 aromatic rings. The van der Waals surface area contributed by atoms with Crippen molar-refractivity contribution in [3.05, 3.63) is 52.6 Å². The van der Waals surface area contributed by atoms with Crippen molar-refractivity contribution in [3.8, 4) is 11.5 Å². The Morgan fingerprint density at radius 2 is 1.79 bits per heavy atom. The lowest BCUT2D eigenvalue weighted by Gasteiger charge is -2.46. The number of anilines is 1. The molecule has 4 heteroatoms. The van der Waals surface area contributed by atoms with E-state index in [-0.39, 0.29) is 23.6 Å². The van der Waals surface area contributed by atoms with E-state index in [1.165, 1.54) is 0 Å². The molecule has 1 N–H and O–H groups in total. The van der Waals surface area contributed by atoms with Gasteiger partial charge in [0.25, 0.3) is 0 Å². The highest BCUT2D eigenvalue weighted by Crippen LogP contribution is 2.45. The van der Waals surface area contributed by atoms with Gasteiger partial charge in [-0.2, -0.15) is 0 Å². The molecule has 1 aliphatic rings. The molecule has 1 fully saturated rings. The van der Waals surface area contributed by atoms with Crippen molar-refractivity contribution in [2.45, 2.75) is 33.7 Å². The molecule has 2 aromatic carbocycles. The second-order valence-corrected chi connectivity index (χ2v) is 6.58. The number of rotatable bonds is 3. The molecule has 0 aromatic heterocycles. The van der Waals surface area contributed by atoms with Crippen molar-refractivity contribution in [3.63, 3.8) is 0 Å². The first kappa shape index (κ1) is 16.4. The minimum atomic E-state index is -0.111. The molecule has 0 saturated carbocycles. The first-order valence-electron chi connectivity index (χ1n) is 8.13. The summed E-state index contributed by atoms with van der Waals surface area (Å²) in [6.45, 7) is 7.81. The first-order valence-corrected chi connectivity index (χ1v) is 8.13. The van der Waals surface area contributed by atoms with Gasteiger partial charge in [0.2, 0.25) is 5.91 Å². The van der Waals surface area contributed by atoms with Crippen LogP contribution in [0.5, 0.6) is 11.5 Å². The third-order valence-corrected chi connectivity index (χ3v) is 5.06. The minimum Gasteiger partial charge on any atom is -0.508 e. The van der Waals surface area contributed by atoms with Crippen molar-refractivity contribution in [1.29, 1.82) is 0 Å². The molecule has 0 aliphatic carbocycles. The number of carbonyl (C=O) groups excluding carboxylic acids is 1. The number of aryl methyl sites for hydroxylation is 2. The molecule has 1 saturated heterocycles. The number of benzene rings is 2. The zero-order chi connectivity index (χ0) is 17.6. The van der Waals surface area contributed by atoms with Gasteiger partial charge in [-0.25, -0.2) is 0 Å². The van der Waals surface area contributed by atoms with E-state index in [2.05, 4.69) is 0 Å². The normalized spacial score (nSPS) is 20.0. The average molecular weight is 325 g/mol. The molecule has 126 valence electrons. The summed E-state index contributed by atoms with van der Waals surface area (Å²) in [6.07, 6.45) is 0. The highest BCUT2D eigenvalue weighted by Gasteiger charge is 2.46. The summed E-state index contributed by atoms with van der Waals surface area (Å²) in [5.41, 5.74) is 4.77. The molecule has 0 spiro atoms. The molecule has 4 nitrogen and oxygen atoms in total. The van der Waals surface area contributed by atoms with E-state index < -0.39 is 0 Å². The average Bonchev–Trinajstić information content (AvgIpc) is 2.57. The summed E-state index contributed by atoms with van der Waals surface area (Å²) >= 11 is 0. The zero-order valence-electron chi connectivity index (χ0n) is 14.8. The van der Waals surface area contributed by atoms with Gasteiger partial charge in [-0.1, -0.05) is 19.1 Å². The van der Waals surface area contributed by atoms with Gasteiger partial charge >= 0.3 is 0 Å². The summed E-state index contributed by atoms with van der Waals surface area (Å²) in [4.78, 5) is 14.3. The van der Waals surface area contributed by atoms with Crippen molar-refractivity contribution in [2.75, 3.05) is 12.0 Å². The number of phenols is 1. The maximum absolute atomic E-state index is 12.5. The topological polar surface area (TPSA) is 49.8 Å². The van der Waals surface area contributed by atoms with Gasteiger partial charge < -0.3 is 14.7 Å². The van der Waals surface area contributed by atoms with Crippen LogP contribution in [-0.4, -0.2) is 18.1 Å². The van der Waals surface area contributed by atoms with Gasteiger partial charge in [-0.05, 0) is 55.2 Å². The number of hydrogen-bond donors (Lipinski definition) is 1. The number of methoxy groups -OCH3 is 1. The summed E-state index contributed by atoms with van der Waals surface area (Å²) in [5.74, 6) is 1.02. The third-order valence-electron chi connectivity index (χ3n) is 5.06. The molecule has 24 heavy (non-hydrogen) atoms. The zero-order valence-corrected chi connectivity index (χ0v) is 14.8. The SMILES string of the molecule is COc1cc(N2C(=O)[C@H](C)[C@H]2c2ccc(C)c(O)c2)cc(C)c1C. The number of hydrogen-bond acceptors (Lipinski definition) is 3. The number of ether oxygens (including phenoxy) is 1. The van der Waals surface area contributed by atoms with Crippen LogP contribution in [0.4, 0.5) is 5.69 Å². The maximum atomic E-state index is 12.5. The van der Waals surface area contributed by atoms with Gasteiger partial charge in [0, 0.05) is 11.8 Å². The van der Waals surface area contributed by atoms with Gasteiger partial charge in [0.05, 0.1) is 19.1 Å². The largest absolute Gasteiger partial charge is 0.508 e. The minimum absolute atomic E-state index is 0.0733. The van der Waals surface area contributed by atoms with Crippen molar-refractivity contribution >= 4 is 11.6 Å². The lowest BCUT2D eigenvalue weighted by Crippen LogP contribution is -2.54. The molecule has 0 unspecified atom stereocenters. The van der Waals surface area contributed by atoms with E-state index >= 15 is 0 Å². The van der Waals surface area contributed by atoms with Gasteiger partial charge in [-0.15, -0.1) is 0 Å². The smallest absolute Gasteiger partial charge is 0.232 e. The summed E-state index contributed by atoms with van der Waals surface area (Å²) in [6, 6.07) is 9.48. The lowest BCUT2D eigenvalue weighted by molar-refractivity contribution is -0.129. The molecular weight excluding hydrogens is 302 g/mol. The maximum Gasteiger partial charge on any atom is 0.232 e. The van der Waals surface area contributed by atoms with Crippen LogP contribution in [0.25, 0.3) is 0 Å². The number of aromatic hydroxyl groups is 1. The molecule has 2 atom stereocenters. The van der Waals surface area contributed by atoms with Gasteiger partial charge in [0.1, 0.15) is 11.5 Å². The fourth-order valence-electron chi connectivity index (χ4n) is 3.33. The fourth-order valence-corrected chi connectivity index (χ4v) is 3.33. The molecule has 1 heterocycles. The van der Waals surface area contributed by atoms with Crippen molar-refractivity contribution in [1.82, 2.24) is 0 Å². The summed E-state index contributed by atoms with van der Waals surface area (Å²) in [7, 11) is 1.64. The second kappa shape index (κ2) is 5.86. The van der Waals surface area contributed by atoms with Crippen molar-refractivity contribution < 1.29 is 14.6 Å². The number of phenolic OH excluding ortho intramolecular Hbond substituents is 1. The van der Waals surface area contributed by atoms with Crippen LogP contribution in [0, 0.1) is 26.7 Å². The van der Waals surface area contributed by atoms with Crippen LogP contribution in [0.2, 0.25) is 0 Å². The molecule has 3 rings (SSSR count). The summed E-state index contributed by atoms with van der Waals surface area (Å²) < 4.78 is 5.45. The standard InChI is InChI=1S/C20H23NO3/c1-11-6-7-15(9-17(11)22)19-14(4)20(23)21(19)16-8-12(2)13(3)18(10-16)24-5/h6-10,14,19,22H,1-5H3/t14-,19+/m1/s1. The molecule has 1 amide bonds. The van der Waals surface area contributed by atoms with Crippen LogP contribution in [0.15, 0.2) is 30.3 Å². The molecule has 1 aliphatic heterocycles. The monoisotopic (exact) mass is 325 g/mol. The van der Waals surface area contributed by atoms with Gasteiger partial charge in [-0.3, -0.25) is 4.79 Å². The Kier molecular flexibility index (Phi) is 3.99. The van der Waals surface area contributed by atoms with Crippen molar-refractivity contribution in [2.24, 2.45) is 5.92 Å². The first-order chi connectivity index (χ1) is 11.3. The molecule has 0 radical (unpaired) electrons. The highest BCUT2D eigenvalue weighted by atomic mass is 16.5. The Bertz CT molecular complexity index is 813. The van der Waals surface area contributed by atoms with E-state index in [0.717, 1.165) is 33.7 Å². The van der Waals surface area contributed by atoms with Crippen LogP contribution in [-0.2, 0) is 4.79 Å². The predicted molar refractivity (Wildman–Crippen MR) is 94.7 cm³/mol. The second-order valence-electron chi connectivity index (χ2n) is 6.58. The number of amides is 1. The van der Waals surface area contributed by atoms with Crippen LogP contribution in [0.1, 0.15) is 35.2 Å². The Morgan fingerprint density at radius 3 is 2.42 bits per heavy atom. The molecular formula is C20H23NO3. The van der Waals surface area contributed by atoms with Crippen LogP contribution >= 0.6 is 0 Å². The Morgan fingerprint density at radius 1 is 1.08 bits per heavy atom. The predicted octanol–water partition coefficient (Wildman–Crippen LogP) is 4.05. The Labute approximate surface area is 142 Å². The number of β-lactam (4-membered cyclic amide) rings is 1. The van der Waals surface area contributed by atoms with E-state index in [1.807, 2.05) is 52.0 Å². The Balaban J connectivity index is 2.04. The lowest BCUT2D eigenvalue weighted by atomic mass is 9.82. The quantitative estimate of drug-likeness (QED) is 0.866. The van der Waals surface area contributed by atoms with E-state index in [4.69, 9.17) is 4.74 Å². The van der Waals surface area contributed by atoms with E-state index in [1.54, 1.807) is 18.1 Å².